The molecule has 2 aromatic heterocycles. The number of aromatic nitrogens is 4. The van der Waals surface area contributed by atoms with Crippen LogP contribution in [0.4, 0.5) is 13.2 Å². The number of halogens is 4. The first-order valence-electron chi connectivity index (χ1n) is 12.4. The monoisotopic (exact) mass is 551 g/mol. The van der Waals surface area contributed by atoms with Gasteiger partial charge in [-0.2, -0.15) is 13.2 Å². The fourth-order valence-electron chi connectivity index (χ4n) is 4.54. The highest BCUT2D eigenvalue weighted by molar-refractivity contribution is 6.31. The molecular formula is C29H25ClF3N5O. The molecule has 0 spiro atoms. The zero-order valence-corrected chi connectivity index (χ0v) is 21.6. The van der Waals surface area contributed by atoms with Crippen LogP contribution in [0.25, 0.3) is 0 Å². The second kappa shape index (κ2) is 11.8. The first-order chi connectivity index (χ1) is 18.9. The van der Waals surface area contributed by atoms with Gasteiger partial charge in [0, 0.05) is 18.1 Å². The zero-order chi connectivity index (χ0) is 27.2. The van der Waals surface area contributed by atoms with Gasteiger partial charge in [0.15, 0.2) is 5.82 Å². The fraction of sp³-hybridized carbons (Fsp3) is 0.207. The average molecular weight is 552 g/mol. The van der Waals surface area contributed by atoms with Crippen molar-refractivity contribution in [1.82, 2.24) is 25.1 Å². The highest BCUT2D eigenvalue weighted by Crippen LogP contribution is 2.36. The number of tetrazole rings is 1. The molecule has 0 aliphatic carbocycles. The van der Waals surface area contributed by atoms with Crippen molar-refractivity contribution in [1.29, 1.82) is 0 Å². The third kappa shape index (κ3) is 6.55. The Morgan fingerprint density at radius 2 is 1.69 bits per heavy atom. The minimum Gasteiger partial charge on any atom is -0.468 e. The van der Waals surface area contributed by atoms with Crippen molar-refractivity contribution in [2.45, 2.75) is 38.3 Å². The van der Waals surface area contributed by atoms with Crippen LogP contribution in [-0.4, -0.2) is 25.1 Å². The Balaban J connectivity index is 1.59. The molecular weight excluding hydrogens is 527 g/mol. The Morgan fingerprint density at radius 1 is 0.897 bits per heavy atom. The fourth-order valence-corrected chi connectivity index (χ4v) is 4.74. The Kier molecular flexibility index (Phi) is 8.09. The third-order valence-electron chi connectivity index (χ3n) is 6.42. The van der Waals surface area contributed by atoms with Crippen LogP contribution >= 0.6 is 11.6 Å². The van der Waals surface area contributed by atoms with Crippen LogP contribution in [-0.2, 0) is 32.2 Å². The van der Waals surface area contributed by atoms with Gasteiger partial charge in [0.1, 0.15) is 5.76 Å². The van der Waals surface area contributed by atoms with Crippen LogP contribution < -0.4 is 0 Å². The Morgan fingerprint density at radius 3 is 2.44 bits per heavy atom. The molecule has 0 N–H and O–H groups in total. The number of furan rings is 1. The van der Waals surface area contributed by atoms with E-state index < -0.39 is 17.8 Å². The van der Waals surface area contributed by atoms with E-state index in [0.717, 1.165) is 23.3 Å². The van der Waals surface area contributed by atoms with E-state index in [4.69, 9.17) is 16.0 Å². The summed E-state index contributed by atoms with van der Waals surface area (Å²) in [5, 5.41) is 13.0. The summed E-state index contributed by atoms with van der Waals surface area (Å²) in [4.78, 5) is 1.97. The number of hydrogen-bond acceptors (Lipinski definition) is 5. The van der Waals surface area contributed by atoms with E-state index in [1.807, 2.05) is 59.5 Å². The molecule has 0 amide bonds. The molecule has 0 fully saturated rings. The molecule has 0 aliphatic rings. The summed E-state index contributed by atoms with van der Waals surface area (Å²) in [6, 6.07) is 25.4. The minimum atomic E-state index is -4.51. The largest absolute Gasteiger partial charge is 0.468 e. The Bertz CT molecular complexity index is 1490. The number of rotatable bonds is 10. The number of alkyl halides is 3. The third-order valence-corrected chi connectivity index (χ3v) is 6.79. The summed E-state index contributed by atoms with van der Waals surface area (Å²) >= 11 is 6.52. The highest BCUT2D eigenvalue weighted by Gasteiger charge is 2.34. The lowest BCUT2D eigenvalue weighted by Crippen LogP contribution is -2.32. The van der Waals surface area contributed by atoms with Gasteiger partial charge < -0.3 is 4.42 Å². The van der Waals surface area contributed by atoms with Gasteiger partial charge >= 0.3 is 6.18 Å². The Labute approximate surface area is 228 Å². The molecule has 0 saturated heterocycles. The second-order valence-electron chi connectivity index (χ2n) is 9.10. The molecule has 6 nitrogen and oxygen atoms in total. The van der Waals surface area contributed by atoms with Gasteiger partial charge in [0.25, 0.3) is 0 Å². The minimum absolute atomic E-state index is 0.282. The van der Waals surface area contributed by atoms with Crippen molar-refractivity contribution < 1.29 is 17.6 Å². The lowest BCUT2D eigenvalue weighted by Gasteiger charge is -2.31. The van der Waals surface area contributed by atoms with Crippen molar-refractivity contribution in [3.63, 3.8) is 0 Å². The summed E-state index contributed by atoms with van der Waals surface area (Å²) < 4.78 is 48.6. The summed E-state index contributed by atoms with van der Waals surface area (Å²) in [6.45, 7) is 1.04. The van der Waals surface area contributed by atoms with Crippen LogP contribution in [0.3, 0.4) is 0 Å². The van der Waals surface area contributed by atoms with Crippen molar-refractivity contribution in [3.05, 3.63) is 136 Å². The van der Waals surface area contributed by atoms with Crippen LogP contribution in [0.5, 0.6) is 0 Å². The molecule has 39 heavy (non-hydrogen) atoms. The van der Waals surface area contributed by atoms with Crippen molar-refractivity contribution in [2.24, 2.45) is 0 Å². The quantitative estimate of drug-likeness (QED) is 0.187. The molecule has 0 aliphatic heterocycles. The first kappa shape index (κ1) is 26.6. The van der Waals surface area contributed by atoms with Crippen LogP contribution in [0.1, 0.15) is 39.9 Å². The molecule has 3 aromatic carbocycles. The maximum absolute atomic E-state index is 13.8. The topological polar surface area (TPSA) is 60.0 Å². The maximum atomic E-state index is 13.8. The van der Waals surface area contributed by atoms with E-state index in [2.05, 4.69) is 15.5 Å². The van der Waals surface area contributed by atoms with Gasteiger partial charge in [-0.1, -0.05) is 72.3 Å². The first-order valence-corrected chi connectivity index (χ1v) is 12.7. The molecule has 2 heterocycles. The summed E-state index contributed by atoms with van der Waals surface area (Å²) in [5.74, 6) is 1.06. The van der Waals surface area contributed by atoms with Gasteiger partial charge in [-0.25, -0.2) is 4.68 Å². The van der Waals surface area contributed by atoms with Crippen molar-refractivity contribution in [2.75, 3.05) is 0 Å². The number of aryl methyl sites for hydroxylation is 2. The van der Waals surface area contributed by atoms with E-state index in [1.54, 1.807) is 29.1 Å². The normalized spacial score (nSPS) is 12.6. The predicted octanol–water partition coefficient (Wildman–Crippen LogP) is 6.97. The Hall–Kier alpha value is -3.95. The summed E-state index contributed by atoms with van der Waals surface area (Å²) in [5.41, 5.74) is 1.56. The molecule has 1 unspecified atom stereocenters. The van der Waals surface area contributed by atoms with E-state index >= 15 is 0 Å². The van der Waals surface area contributed by atoms with Gasteiger partial charge in [-0.15, -0.1) is 5.10 Å². The van der Waals surface area contributed by atoms with Gasteiger partial charge in [-0.05, 0) is 63.9 Å². The average Bonchev–Trinajstić information content (AvgIpc) is 3.62. The lowest BCUT2D eigenvalue weighted by atomic mass is 10.00. The molecule has 0 bridgehead atoms. The van der Waals surface area contributed by atoms with Gasteiger partial charge in [-0.3, -0.25) is 4.90 Å². The van der Waals surface area contributed by atoms with E-state index in [1.165, 1.54) is 6.07 Å². The molecule has 1 atom stereocenters. The zero-order valence-electron chi connectivity index (χ0n) is 20.8. The summed E-state index contributed by atoms with van der Waals surface area (Å²) in [6.07, 6.45) is -2.29. The highest BCUT2D eigenvalue weighted by atomic mass is 35.5. The lowest BCUT2D eigenvalue weighted by molar-refractivity contribution is -0.137. The molecule has 0 saturated carbocycles. The molecule has 5 rings (SSSR count). The molecule has 10 heteroatoms. The summed E-state index contributed by atoms with van der Waals surface area (Å²) in [7, 11) is 0. The maximum Gasteiger partial charge on any atom is 0.416 e. The molecule has 0 radical (unpaired) electrons. The molecule has 200 valence electrons. The second-order valence-corrected chi connectivity index (χ2v) is 9.50. The number of nitrogens with zero attached hydrogens (tertiary/aromatic N) is 5. The standard InChI is InChI=1S/C29H25ClF3N5O/c30-26-14-5-4-10-23(26)19-37(20-25-13-7-17-39-25)27(22-11-6-12-24(18-22)29(31,32)33)28-34-35-36-38(28)16-15-21-8-2-1-3-9-21/h1-14,17-18,27H,15-16,19-20H2. The smallest absolute Gasteiger partial charge is 0.416 e. The van der Waals surface area contributed by atoms with Gasteiger partial charge in [0.05, 0.1) is 24.4 Å². The number of benzene rings is 3. The van der Waals surface area contributed by atoms with Gasteiger partial charge in [0.2, 0.25) is 0 Å². The van der Waals surface area contributed by atoms with E-state index in [9.17, 15) is 13.2 Å². The van der Waals surface area contributed by atoms with Crippen LogP contribution in [0, 0.1) is 0 Å². The molecule has 5 aromatic rings. The number of hydrogen-bond donors (Lipinski definition) is 0. The van der Waals surface area contributed by atoms with E-state index in [-0.39, 0.29) is 6.54 Å². The predicted molar refractivity (Wildman–Crippen MR) is 141 cm³/mol. The SMILES string of the molecule is FC(F)(F)c1cccc(C(c2nnnn2CCc2ccccc2)N(Cc2ccco2)Cc2ccccc2Cl)c1. The van der Waals surface area contributed by atoms with Crippen molar-refractivity contribution >= 4 is 11.6 Å². The van der Waals surface area contributed by atoms with E-state index in [0.29, 0.717) is 41.7 Å². The van der Waals surface area contributed by atoms with Crippen LogP contribution in [0.2, 0.25) is 5.02 Å². The van der Waals surface area contributed by atoms with Crippen LogP contribution in [0.15, 0.2) is 102 Å². The van der Waals surface area contributed by atoms with Crippen molar-refractivity contribution in [3.8, 4) is 0 Å².